The summed E-state index contributed by atoms with van der Waals surface area (Å²) in [5.74, 6) is 1.22. The molecule has 2 aromatic carbocycles. The van der Waals surface area contributed by atoms with Crippen LogP contribution in [0.2, 0.25) is 0 Å². The Morgan fingerprint density at radius 2 is 1.29 bits per heavy atom. The third-order valence-corrected chi connectivity index (χ3v) is 7.45. The largest absolute Gasteiger partial charge is 4.00 e. The summed E-state index contributed by atoms with van der Waals surface area (Å²) in [7, 11) is 0. The summed E-state index contributed by atoms with van der Waals surface area (Å²) in [6, 6.07) is 10.9. The minimum Gasteiger partial charge on any atom is -1.00 e. The molecule has 0 N–H and O–H groups in total. The van der Waals surface area contributed by atoms with Crippen molar-refractivity contribution in [3.63, 3.8) is 0 Å². The fourth-order valence-electron chi connectivity index (χ4n) is 5.35. The van der Waals surface area contributed by atoms with Crippen molar-refractivity contribution in [3.05, 3.63) is 81.4 Å². The molecular weight excluding hydrogens is 583 g/mol. The summed E-state index contributed by atoms with van der Waals surface area (Å²) in [4.78, 5) is 0. The van der Waals surface area contributed by atoms with Gasteiger partial charge in [-0.05, 0) is 35.4 Å². The van der Waals surface area contributed by atoms with Crippen LogP contribution in [0.15, 0.2) is 35.9 Å². The molecule has 2 aliphatic carbocycles. The van der Waals surface area contributed by atoms with Gasteiger partial charge in [0.25, 0.3) is 0 Å². The second-order valence-electron chi connectivity index (χ2n) is 14.2. The molecule has 1 atom stereocenters. The van der Waals surface area contributed by atoms with Gasteiger partial charge in [0.1, 0.15) is 0 Å². The summed E-state index contributed by atoms with van der Waals surface area (Å²) in [5.41, 5.74) is 13.3. The number of hydrogen-bond donors (Lipinski definition) is 0. The van der Waals surface area contributed by atoms with Crippen molar-refractivity contribution in [1.82, 2.24) is 0 Å². The van der Waals surface area contributed by atoms with Crippen molar-refractivity contribution in [2.75, 3.05) is 0 Å². The Labute approximate surface area is 266 Å². The number of benzene rings is 2. The molecule has 0 aromatic heterocycles. The molecule has 2 aliphatic rings. The van der Waals surface area contributed by atoms with Crippen LogP contribution >= 0.6 is 0 Å². The van der Waals surface area contributed by atoms with Gasteiger partial charge in [0.2, 0.25) is 0 Å². The van der Waals surface area contributed by atoms with Gasteiger partial charge < -0.3 is 24.8 Å². The van der Waals surface area contributed by atoms with E-state index in [1.165, 1.54) is 50.1 Å². The van der Waals surface area contributed by atoms with E-state index in [0.717, 1.165) is 6.42 Å². The van der Waals surface area contributed by atoms with Crippen molar-refractivity contribution in [1.29, 1.82) is 0 Å². The van der Waals surface area contributed by atoms with Crippen LogP contribution in [-0.4, -0.2) is 0 Å². The molecule has 0 heterocycles. The van der Waals surface area contributed by atoms with Gasteiger partial charge in [0, 0.05) is 0 Å². The molecule has 4 rings (SSSR count). The van der Waals surface area contributed by atoms with Crippen LogP contribution in [0.3, 0.4) is 0 Å². The van der Waals surface area contributed by atoms with Crippen molar-refractivity contribution in [2.45, 2.75) is 107 Å². The smallest absolute Gasteiger partial charge is 1.00 e. The van der Waals surface area contributed by atoms with Crippen LogP contribution < -0.4 is 24.8 Å². The van der Waals surface area contributed by atoms with Crippen molar-refractivity contribution in [3.8, 4) is 11.1 Å². The minimum absolute atomic E-state index is 0. The molecule has 0 aliphatic heterocycles. The molecular formula is C35H48Cl2Zr. The zero-order chi connectivity index (χ0) is 26.5. The molecule has 0 radical (unpaired) electrons. The Hall–Kier alpha value is -0.617. The molecule has 0 spiro atoms. The van der Waals surface area contributed by atoms with Gasteiger partial charge in [0.05, 0.1) is 0 Å². The summed E-state index contributed by atoms with van der Waals surface area (Å²) < 4.78 is 0. The van der Waals surface area contributed by atoms with Crippen molar-refractivity contribution < 1.29 is 51.0 Å². The van der Waals surface area contributed by atoms with Crippen molar-refractivity contribution in [2.24, 2.45) is 17.3 Å². The first-order valence-electron chi connectivity index (χ1n) is 13.4. The number of aryl methyl sites for hydroxylation is 2. The standard InChI is InChI=1S/C23H29.C12H19.2ClH.Zr/c1-14-9-16-11-17-10-15(2)21(23(6,7)8)13-19(17)18(16)12-20(14)22(3,4)5;1-9(2)10-6-7-11(8-10)12(3,4)5;;;/h9,12-13H,11H2,1-8H3;7-10H,1-5H3;2*1H;/q2*-1;;;+4/p-2. The van der Waals surface area contributed by atoms with Gasteiger partial charge in [-0.25, -0.2) is 6.08 Å². The third kappa shape index (κ3) is 8.44. The molecule has 3 heteroatoms. The van der Waals surface area contributed by atoms with E-state index in [1.54, 1.807) is 0 Å². The zero-order valence-corrected chi connectivity index (χ0v) is 30.0. The topological polar surface area (TPSA) is 0 Å². The van der Waals surface area contributed by atoms with Crippen molar-refractivity contribution >= 4 is 0 Å². The van der Waals surface area contributed by atoms with E-state index < -0.39 is 0 Å². The average Bonchev–Trinajstić information content (AvgIpc) is 3.29. The summed E-state index contributed by atoms with van der Waals surface area (Å²) >= 11 is 0. The normalized spacial score (nSPS) is 15.8. The van der Waals surface area contributed by atoms with Crippen LogP contribution in [0.1, 0.15) is 110 Å². The Kier molecular flexibility index (Phi) is 13.1. The van der Waals surface area contributed by atoms with Gasteiger partial charge >= 0.3 is 26.2 Å². The quantitative estimate of drug-likeness (QED) is 0.359. The Bertz CT molecular complexity index is 1090. The predicted octanol–water partition coefficient (Wildman–Crippen LogP) is 3.88. The monoisotopic (exact) mass is 628 g/mol. The molecule has 0 amide bonds. The first-order chi connectivity index (χ1) is 15.9. The molecule has 0 saturated carbocycles. The maximum Gasteiger partial charge on any atom is 4.00 e. The number of hydrogen-bond acceptors (Lipinski definition) is 0. The van der Waals surface area contributed by atoms with Crippen LogP contribution in [0.4, 0.5) is 0 Å². The van der Waals surface area contributed by atoms with Crippen LogP contribution in [-0.2, 0) is 43.5 Å². The summed E-state index contributed by atoms with van der Waals surface area (Å²) in [6.07, 6.45) is 8.93. The first kappa shape index (κ1) is 37.4. The predicted molar refractivity (Wildman–Crippen MR) is 154 cm³/mol. The molecule has 1 unspecified atom stereocenters. The van der Waals surface area contributed by atoms with Gasteiger partial charge in [-0.2, -0.15) is 29.3 Å². The van der Waals surface area contributed by atoms with Crippen LogP contribution in [0.25, 0.3) is 11.1 Å². The van der Waals surface area contributed by atoms with E-state index in [2.05, 4.69) is 133 Å². The molecule has 206 valence electrons. The van der Waals surface area contributed by atoms with Gasteiger partial charge in [-0.3, -0.25) is 6.08 Å². The Morgan fingerprint density at radius 1 is 0.763 bits per heavy atom. The van der Waals surface area contributed by atoms with E-state index in [4.69, 9.17) is 0 Å². The number of rotatable bonds is 1. The Morgan fingerprint density at radius 3 is 1.71 bits per heavy atom. The fourth-order valence-corrected chi connectivity index (χ4v) is 5.35. The minimum atomic E-state index is 0. The van der Waals surface area contributed by atoms with Crippen LogP contribution in [0.5, 0.6) is 0 Å². The van der Waals surface area contributed by atoms with Gasteiger partial charge in [-0.1, -0.05) is 123 Å². The number of fused-ring (bicyclic) bond motifs is 3. The van der Waals surface area contributed by atoms with E-state index in [0.29, 0.717) is 11.8 Å². The van der Waals surface area contributed by atoms with E-state index in [1.807, 2.05) is 0 Å². The second-order valence-corrected chi connectivity index (χ2v) is 14.2. The number of allylic oxidation sites excluding steroid dienone is 4. The average molecular weight is 631 g/mol. The molecule has 0 nitrogen and oxygen atoms in total. The maximum absolute atomic E-state index is 3.69. The zero-order valence-electron chi connectivity index (χ0n) is 26.0. The number of halogens is 2. The second kappa shape index (κ2) is 13.4. The molecule has 0 saturated heterocycles. The Balaban J connectivity index is 0.000000787. The van der Waals surface area contributed by atoms with Gasteiger partial charge in [0.15, 0.2) is 0 Å². The fraction of sp³-hybridized carbons (Fsp3) is 0.543. The first-order valence-corrected chi connectivity index (χ1v) is 13.4. The molecule has 0 fully saturated rings. The summed E-state index contributed by atoms with van der Waals surface area (Å²) in [6.45, 7) is 29.5. The molecule has 2 aromatic rings. The third-order valence-electron chi connectivity index (χ3n) is 7.45. The molecule has 0 bridgehead atoms. The SMILES string of the molecule is CC(C)C1[C-]=CC(C(C)(C)C)=C1.Cc1[c-]c2c(cc1C(C)(C)C)-c1cc(C(C)(C)C)c(C)cc1C2.[Cl-].[Cl-].[Zr+4]. The van der Waals surface area contributed by atoms with E-state index in [-0.39, 0.29) is 67.3 Å². The van der Waals surface area contributed by atoms with E-state index >= 15 is 0 Å². The van der Waals surface area contributed by atoms with Gasteiger partial charge in [-0.15, -0.1) is 16.7 Å². The maximum atomic E-state index is 3.69. The van der Waals surface area contributed by atoms with Crippen LogP contribution in [0, 0.1) is 43.2 Å². The molecule has 38 heavy (non-hydrogen) atoms. The van der Waals surface area contributed by atoms with E-state index in [9.17, 15) is 0 Å². The summed E-state index contributed by atoms with van der Waals surface area (Å²) in [5, 5.41) is 0.